The van der Waals surface area contributed by atoms with Crippen molar-refractivity contribution >= 4 is 33.5 Å². The van der Waals surface area contributed by atoms with Gasteiger partial charge in [0.1, 0.15) is 11.3 Å². The number of fused-ring (bicyclic) bond motifs is 2. The van der Waals surface area contributed by atoms with E-state index >= 15 is 0 Å². The van der Waals surface area contributed by atoms with Gasteiger partial charge in [-0.1, -0.05) is 12.1 Å². The molecule has 1 aliphatic heterocycles. The second kappa shape index (κ2) is 10.3. The number of benzene rings is 1. The maximum absolute atomic E-state index is 12.7. The van der Waals surface area contributed by atoms with Crippen molar-refractivity contribution in [1.82, 2.24) is 35.5 Å². The van der Waals surface area contributed by atoms with Crippen molar-refractivity contribution in [1.29, 1.82) is 0 Å². The molecule has 0 atom stereocenters. The van der Waals surface area contributed by atoms with Crippen molar-refractivity contribution in [2.45, 2.75) is 19.3 Å². The average Bonchev–Trinajstić information content (AvgIpc) is 3.62. The van der Waals surface area contributed by atoms with Gasteiger partial charge < -0.3 is 15.6 Å². The number of pyridine rings is 3. The lowest BCUT2D eigenvalue weighted by Gasteiger charge is -2.21. The Morgan fingerprint density at radius 2 is 1.80 bits per heavy atom. The normalized spacial score (nSPS) is 14.1. The third kappa shape index (κ3) is 4.71. The SMILES string of the molecule is O=C(CC1CCNCC1)Nc1cncc(-c2ccc3[nH]nc(-c4cc5c(-c6cccnc6)ccnc5[nH]4)c3c2)c1. The van der Waals surface area contributed by atoms with Crippen LogP contribution in [0.2, 0.25) is 0 Å². The Kier molecular flexibility index (Phi) is 6.25. The smallest absolute Gasteiger partial charge is 0.224 e. The fourth-order valence-corrected chi connectivity index (χ4v) is 5.55. The number of carbonyl (C=O) groups excluding carboxylic acids is 1. The summed E-state index contributed by atoms with van der Waals surface area (Å²) in [5, 5.41) is 16.2. The van der Waals surface area contributed by atoms with Crippen LogP contribution in [-0.4, -0.2) is 49.1 Å². The molecule has 40 heavy (non-hydrogen) atoms. The molecule has 0 spiro atoms. The van der Waals surface area contributed by atoms with E-state index in [-0.39, 0.29) is 5.91 Å². The number of piperidine rings is 1. The van der Waals surface area contributed by atoms with Gasteiger partial charge >= 0.3 is 0 Å². The lowest BCUT2D eigenvalue weighted by Crippen LogP contribution is -2.30. The second-order valence-electron chi connectivity index (χ2n) is 10.3. The van der Waals surface area contributed by atoms with Crippen LogP contribution in [0.25, 0.3) is 55.6 Å². The number of nitrogens with zero attached hydrogens (tertiary/aromatic N) is 4. The zero-order valence-electron chi connectivity index (χ0n) is 21.8. The molecule has 9 heteroatoms. The summed E-state index contributed by atoms with van der Waals surface area (Å²) in [5.74, 6) is 0.469. The molecule has 0 unspecified atom stereocenters. The molecular formula is C31H28N8O. The summed E-state index contributed by atoms with van der Waals surface area (Å²) in [7, 11) is 0. The highest BCUT2D eigenvalue weighted by Crippen LogP contribution is 2.34. The predicted octanol–water partition coefficient (Wildman–Crippen LogP) is 5.56. The van der Waals surface area contributed by atoms with Gasteiger partial charge in [0, 0.05) is 53.1 Å². The van der Waals surface area contributed by atoms with Crippen LogP contribution in [0.15, 0.2) is 79.5 Å². The van der Waals surface area contributed by atoms with Gasteiger partial charge in [-0.25, -0.2) is 4.98 Å². The van der Waals surface area contributed by atoms with E-state index in [4.69, 9.17) is 0 Å². The highest BCUT2D eigenvalue weighted by molar-refractivity contribution is 6.00. The Labute approximate surface area is 230 Å². The van der Waals surface area contributed by atoms with E-state index in [9.17, 15) is 4.79 Å². The van der Waals surface area contributed by atoms with Crippen LogP contribution in [0.5, 0.6) is 0 Å². The van der Waals surface area contributed by atoms with Gasteiger partial charge in [-0.05, 0) is 79.4 Å². The van der Waals surface area contributed by atoms with Crippen LogP contribution in [-0.2, 0) is 4.79 Å². The summed E-state index contributed by atoms with van der Waals surface area (Å²) in [6.07, 6.45) is 11.6. The van der Waals surface area contributed by atoms with Gasteiger partial charge in [-0.15, -0.1) is 0 Å². The summed E-state index contributed by atoms with van der Waals surface area (Å²) >= 11 is 0. The zero-order valence-corrected chi connectivity index (χ0v) is 21.8. The molecule has 1 fully saturated rings. The predicted molar refractivity (Wildman–Crippen MR) is 156 cm³/mol. The lowest BCUT2D eigenvalue weighted by atomic mass is 9.94. The van der Waals surface area contributed by atoms with E-state index in [0.717, 1.165) is 81.5 Å². The minimum Gasteiger partial charge on any atom is -0.338 e. The number of H-pyrrole nitrogens is 2. The Hall–Kier alpha value is -4.89. The van der Waals surface area contributed by atoms with E-state index < -0.39 is 0 Å². The maximum Gasteiger partial charge on any atom is 0.224 e. The van der Waals surface area contributed by atoms with E-state index in [1.165, 1.54) is 0 Å². The molecule has 7 rings (SSSR count). The summed E-state index contributed by atoms with van der Waals surface area (Å²) in [6, 6.07) is 16.2. The van der Waals surface area contributed by atoms with Crippen molar-refractivity contribution in [2.75, 3.05) is 18.4 Å². The molecule has 0 aliphatic carbocycles. The Morgan fingerprint density at radius 1 is 0.900 bits per heavy atom. The van der Waals surface area contributed by atoms with E-state index in [2.05, 4.69) is 52.9 Å². The van der Waals surface area contributed by atoms with E-state index in [1.54, 1.807) is 18.6 Å². The molecule has 5 aromatic heterocycles. The average molecular weight is 529 g/mol. The molecule has 1 amide bonds. The molecule has 1 aromatic carbocycles. The van der Waals surface area contributed by atoms with Crippen LogP contribution < -0.4 is 10.6 Å². The number of aromatic amines is 2. The third-order valence-corrected chi connectivity index (χ3v) is 7.61. The Morgan fingerprint density at radius 3 is 2.67 bits per heavy atom. The van der Waals surface area contributed by atoms with Gasteiger partial charge in [0.15, 0.2) is 0 Å². The molecule has 0 saturated carbocycles. The monoisotopic (exact) mass is 528 g/mol. The lowest BCUT2D eigenvalue weighted by molar-refractivity contribution is -0.117. The topological polar surface area (TPSA) is 124 Å². The van der Waals surface area contributed by atoms with Crippen molar-refractivity contribution in [3.05, 3.63) is 79.5 Å². The van der Waals surface area contributed by atoms with Crippen molar-refractivity contribution in [2.24, 2.45) is 5.92 Å². The molecule has 1 aliphatic rings. The molecule has 198 valence electrons. The number of rotatable bonds is 6. The first kappa shape index (κ1) is 24.2. The van der Waals surface area contributed by atoms with Crippen molar-refractivity contribution in [3.8, 4) is 33.6 Å². The number of aromatic nitrogens is 6. The van der Waals surface area contributed by atoms with Crippen LogP contribution in [0.1, 0.15) is 19.3 Å². The maximum atomic E-state index is 12.7. The standard InChI is InChI=1S/C31H28N8O/c40-29(12-19-5-9-32-10-6-19)36-23-13-22(17-34-18-23)20-3-4-27-26(14-20)30(39-38-27)28-15-25-24(7-11-35-31(25)37-28)21-2-1-8-33-16-21/h1-4,7-8,11,13-19,32H,5-6,9-10,12H2,(H,35,37)(H,36,40)(H,38,39). The highest BCUT2D eigenvalue weighted by atomic mass is 16.1. The zero-order chi connectivity index (χ0) is 26.9. The fourth-order valence-electron chi connectivity index (χ4n) is 5.55. The van der Waals surface area contributed by atoms with Gasteiger partial charge in [0.2, 0.25) is 5.91 Å². The molecular weight excluding hydrogens is 500 g/mol. The van der Waals surface area contributed by atoms with Crippen molar-refractivity contribution < 1.29 is 4.79 Å². The number of carbonyl (C=O) groups is 1. The van der Waals surface area contributed by atoms with E-state index in [0.29, 0.717) is 18.0 Å². The molecule has 6 aromatic rings. The number of amides is 1. The number of hydrogen-bond acceptors (Lipinski definition) is 6. The van der Waals surface area contributed by atoms with Crippen LogP contribution in [0.4, 0.5) is 5.69 Å². The first-order chi connectivity index (χ1) is 19.7. The first-order valence-corrected chi connectivity index (χ1v) is 13.5. The summed E-state index contributed by atoms with van der Waals surface area (Å²) in [6.45, 7) is 1.96. The largest absolute Gasteiger partial charge is 0.338 e. The van der Waals surface area contributed by atoms with Gasteiger partial charge in [-0.3, -0.25) is 19.9 Å². The summed E-state index contributed by atoms with van der Waals surface area (Å²) in [4.78, 5) is 29.4. The highest BCUT2D eigenvalue weighted by Gasteiger charge is 2.18. The Bertz CT molecular complexity index is 1820. The molecule has 1 saturated heterocycles. The number of hydrogen-bond donors (Lipinski definition) is 4. The molecule has 0 bridgehead atoms. The third-order valence-electron chi connectivity index (χ3n) is 7.61. The van der Waals surface area contributed by atoms with Crippen LogP contribution in [0.3, 0.4) is 0 Å². The van der Waals surface area contributed by atoms with Gasteiger partial charge in [-0.2, -0.15) is 5.10 Å². The van der Waals surface area contributed by atoms with Crippen LogP contribution in [0, 0.1) is 5.92 Å². The minimum atomic E-state index is 0.0384. The molecule has 0 radical (unpaired) electrons. The quantitative estimate of drug-likeness (QED) is 0.224. The molecule has 4 N–H and O–H groups in total. The van der Waals surface area contributed by atoms with Crippen LogP contribution >= 0.6 is 0 Å². The van der Waals surface area contributed by atoms with Gasteiger partial charge in [0.05, 0.1) is 23.1 Å². The van der Waals surface area contributed by atoms with E-state index in [1.807, 2.05) is 48.8 Å². The Balaban J connectivity index is 1.19. The number of anilines is 1. The summed E-state index contributed by atoms with van der Waals surface area (Å²) in [5.41, 5.74) is 8.11. The summed E-state index contributed by atoms with van der Waals surface area (Å²) < 4.78 is 0. The second-order valence-corrected chi connectivity index (χ2v) is 10.3. The molecule has 9 nitrogen and oxygen atoms in total. The van der Waals surface area contributed by atoms with Gasteiger partial charge in [0.25, 0.3) is 0 Å². The number of nitrogens with one attached hydrogen (secondary N) is 4. The fraction of sp³-hybridized carbons (Fsp3) is 0.194. The first-order valence-electron chi connectivity index (χ1n) is 13.5. The minimum absolute atomic E-state index is 0.0384. The van der Waals surface area contributed by atoms with Crippen molar-refractivity contribution in [3.63, 3.8) is 0 Å². The molecule has 6 heterocycles.